The molecule has 0 unspecified atom stereocenters. The maximum atomic E-state index is 8.98. The molecule has 0 saturated heterocycles. The Morgan fingerprint density at radius 2 is 2.11 bits per heavy atom. The van der Waals surface area contributed by atoms with Crippen LogP contribution < -0.4 is 10.2 Å². The zero-order valence-corrected chi connectivity index (χ0v) is 10.2. The molecule has 2 rings (SSSR count). The first-order valence-corrected chi connectivity index (χ1v) is 6.14. The highest BCUT2D eigenvalue weighted by atomic mass is 32.1. The molecule has 4 nitrogen and oxygen atoms in total. The van der Waals surface area contributed by atoms with E-state index in [1.807, 2.05) is 0 Å². The first-order chi connectivity index (χ1) is 8.70. The van der Waals surface area contributed by atoms with Gasteiger partial charge in [0.15, 0.2) is 0 Å². The lowest BCUT2D eigenvalue weighted by atomic mass is 9.83. The number of benzene rings is 1. The number of rotatable bonds is 4. The van der Waals surface area contributed by atoms with E-state index in [0.717, 1.165) is 4.88 Å². The van der Waals surface area contributed by atoms with E-state index in [9.17, 15) is 0 Å². The van der Waals surface area contributed by atoms with Crippen LogP contribution in [-0.2, 0) is 6.61 Å². The minimum absolute atomic E-state index is 0.302. The minimum atomic E-state index is -1.46. The number of thiophene rings is 1. The molecule has 18 heavy (non-hydrogen) atoms. The van der Waals surface area contributed by atoms with E-state index in [1.165, 1.54) is 11.3 Å². The molecule has 2 aromatic rings. The molecule has 90 valence electrons. The van der Waals surface area contributed by atoms with E-state index in [2.05, 4.69) is 6.07 Å². The van der Waals surface area contributed by atoms with Gasteiger partial charge in [-0.1, -0.05) is 12.1 Å². The molecule has 0 aliphatic rings. The van der Waals surface area contributed by atoms with Gasteiger partial charge in [-0.3, -0.25) is 0 Å². The molecule has 2 N–H and O–H groups in total. The van der Waals surface area contributed by atoms with Crippen LogP contribution in [-0.4, -0.2) is 17.2 Å². The number of nitriles is 1. The quantitative estimate of drug-likeness (QED) is 0.799. The van der Waals surface area contributed by atoms with Gasteiger partial charge in [0.2, 0.25) is 0 Å². The normalized spacial score (nSPS) is 9.83. The summed E-state index contributed by atoms with van der Waals surface area (Å²) in [7, 11) is -1.46. The van der Waals surface area contributed by atoms with E-state index in [4.69, 9.17) is 20.0 Å². The molecule has 6 heteroatoms. The fourth-order valence-corrected chi connectivity index (χ4v) is 2.25. The Morgan fingerprint density at radius 1 is 1.33 bits per heavy atom. The third-order valence-corrected chi connectivity index (χ3v) is 3.28. The highest BCUT2D eigenvalue weighted by Crippen LogP contribution is 2.19. The molecule has 0 aliphatic heterocycles. The Labute approximate surface area is 109 Å². The average Bonchev–Trinajstić information content (AvgIpc) is 2.85. The van der Waals surface area contributed by atoms with E-state index >= 15 is 0 Å². The highest BCUT2D eigenvalue weighted by Gasteiger charge is 2.13. The summed E-state index contributed by atoms with van der Waals surface area (Å²) >= 11 is 1.38. The van der Waals surface area contributed by atoms with Crippen LogP contribution >= 0.6 is 11.3 Å². The van der Waals surface area contributed by atoms with Gasteiger partial charge in [0.25, 0.3) is 0 Å². The van der Waals surface area contributed by atoms with Crippen molar-refractivity contribution in [2.45, 2.75) is 6.61 Å². The minimum Gasteiger partial charge on any atom is -0.487 e. The molecule has 0 radical (unpaired) electrons. The monoisotopic (exact) mass is 259 g/mol. The number of nitrogens with zero attached hydrogens (tertiary/aromatic N) is 1. The largest absolute Gasteiger partial charge is 0.489 e. The lowest BCUT2D eigenvalue weighted by Gasteiger charge is -2.05. The van der Waals surface area contributed by atoms with E-state index in [1.54, 1.807) is 35.7 Å². The third kappa shape index (κ3) is 2.90. The molecule has 0 saturated carbocycles. The van der Waals surface area contributed by atoms with Crippen molar-refractivity contribution in [3.63, 3.8) is 0 Å². The van der Waals surface area contributed by atoms with Crippen LogP contribution in [0.1, 0.15) is 10.4 Å². The van der Waals surface area contributed by atoms with Gasteiger partial charge in [0.1, 0.15) is 18.4 Å². The van der Waals surface area contributed by atoms with Gasteiger partial charge in [-0.2, -0.15) is 5.26 Å². The second-order valence-electron chi connectivity index (χ2n) is 3.62. The van der Waals surface area contributed by atoms with Gasteiger partial charge in [-0.15, -0.1) is 11.3 Å². The van der Waals surface area contributed by atoms with Crippen LogP contribution in [0.4, 0.5) is 0 Å². The lowest BCUT2D eigenvalue weighted by Crippen LogP contribution is -2.27. The fourth-order valence-electron chi connectivity index (χ4n) is 1.44. The maximum Gasteiger partial charge on any atom is 0.489 e. The molecule has 1 aromatic heterocycles. The van der Waals surface area contributed by atoms with Gasteiger partial charge < -0.3 is 14.8 Å². The second-order valence-corrected chi connectivity index (χ2v) is 4.61. The molecule has 0 fully saturated rings. The zero-order chi connectivity index (χ0) is 13.0. The average molecular weight is 259 g/mol. The first-order valence-electron chi connectivity index (χ1n) is 5.26. The Hall–Kier alpha value is -1.81. The summed E-state index contributed by atoms with van der Waals surface area (Å²) < 4.78 is 5.53. The van der Waals surface area contributed by atoms with Crippen molar-refractivity contribution in [1.29, 1.82) is 5.26 Å². The molecule has 1 aromatic carbocycles. The zero-order valence-electron chi connectivity index (χ0n) is 9.41. The summed E-state index contributed by atoms with van der Waals surface area (Å²) in [6.45, 7) is 0.302. The summed E-state index contributed by atoms with van der Waals surface area (Å²) in [6.07, 6.45) is 0. The maximum absolute atomic E-state index is 8.98. The molecule has 1 heterocycles. The highest BCUT2D eigenvalue weighted by molar-refractivity contribution is 7.11. The topological polar surface area (TPSA) is 73.5 Å². The van der Waals surface area contributed by atoms with Crippen molar-refractivity contribution >= 4 is 23.9 Å². The van der Waals surface area contributed by atoms with Gasteiger partial charge in [0.05, 0.1) is 5.56 Å². The summed E-state index contributed by atoms with van der Waals surface area (Å²) in [4.78, 5) is 0.867. The summed E-state index contributed by atoms with van der Waals surface area (Å²) in [5.74, 6) is 0.527. The molecule has 0 atom stereocenters. The Bertz CT molecular complexity index is 577. The van der Waals surface area contributed by atoms with Gasteiger partial charge >= 0.3 is 7.12 Å². The third-order valence-electron chi connectivity index (χ3n) is 2.35. The van der Waals surface area contributed by atoms with Crippen LogP contribution in [0.2, 0.25) is 0 Å². The molecular weight excluding hydrogens is 249 g/mol. The van der Waals surface area contributed by atoms with Gasteiger partial charge in [0, 0.05) is 4.88 Å². The predicted molar refractivity (Wildman–Crippen MR) is 69.6 cm³/mol. The molecule has 0 aliphatic carbocycles. The van der Waals surface area contributed by atoms with Crippen LogP contribution in [0.3, 0.4) is 0 Å². The molecular formula is C12H10BNO3S. The Kier molecular flexibility index (Phi) is 4.00. The number of hydrogen-bond donors (Lipinski definition) is 2. The lowest BCUT2D eigenvalue weighted by molar-refractivity contribution is 0.309. The molecule has 0 amide bonds. The summed E-state index contributed by atoms with van der Waals surface area (Å²) in [5.41, 5.74) is 0.934. The van der Waals surface area contributed by atoms with Crippen LogP contribution in [0, 0.1) is 11.3 Å². The van der Waals surface area contributed by atoms with E-state index < -0.39 is 7.12 Å². The summed E-state index contributed by atoms with van der Waals surface area (Å²) in [6, 6.07) is 10.7. The van der Waals surface area contributed by atoms with Crippen molar-refractivity contribution in [2.24, 2.45) is 0 Å². The van der Waals surface area contributed by atoms with Gasteiger partial charge in [-0.05, 0) is 29.0 Å². The first kappa shape index (κ1) is 12.6. The Balaban J connectivity index is 2.05. The smallest absolute Gasteiger partial charge is 0.487 e. The SMILES string of the molecule is N#Cc1ccccc1OCc1cc(B(O)O)cs1. The number of ether oxygens (including phenoxy) is 1. The van der Waals surface area contributed by atoms with Crippen LogP contribution in [0.15, 0.2) is 35.7 Å². The van der Waals surface area contributed by atoms with Crippen LogP contribution in [0.25, 0.3) is 0 Å². The second kappa shape index (κ2) is 5.69. The van der Waals surface area contributed by atoms with Crippen molar-refractivity contribution in [3.05, 3.63) is 46.2 Å². The fraction of sp³-hybridized carbons (Fsp3) is 0.0833. The van der Waals surface area contributed by atoms with Gasteiger partial charge in [-0.25, -0.2) is 0 Å². The van der Waals surface area contributed by atoms with Crippen molar-refractivity contribution < 1.29 is 14.8 Å². The van der Waals surface area contributed by atoms with Crippen LogP contribution in [0.5, 0.6) is 5.75 Å². The standard InChI is InChI=1S/C12H10BNO3S/c14-6-9-3-1-2-4-12(9)17-7-11-5-10(8-18-11)13(15)16/h1-5,8,15-16H,7H2. The number of hydrogen-bond acceptors (Lipinski definition) is 5. The van der Waals surface area contributed by atoms with Crippen molar-refractivity contribution in [2.75, 3.05) is 0 Å². The molecule has 0 bridgehead atoms. The predicted octanol–water partition coefficient (Wildman–Crippen LogP) is 0.879. The van der Waals surface area contributed by atoms with E-state index in [0.29, 0.717) is 23.4 Å². The molecule has 0 spiro atoms. The van der Waals surface area contributed by atoms with Crippen molar-refractivity contribution in [3.8, 4) is 11.8 Å². The Morgan fingerprint density at radius 3 is 2.78 bits per heavy atom. The van der Waals surface area contributed by atoms with Crippen molar-refractivity contribution in [1.82, 2.24) is 0 Å². The summed E-state index contributed by atoms with van der Waals surface area (Å²) in [5, 5.41) is 28.5. The van der Waals surface area contributed by atoms with E-state index in [-0.39, 0.29) is 0 Å². The number of para-hydroxylation sites is 1.